The normalized spacial score (nSPS) is 9.36. The van der Waals surface area contributed by atoms with Crippen molar-refractivity contribution in [3.8, 4) is 35.7 Å². The Balaban J connectivity index is 0. The van der Waals surface area contributed by atoms with E-state index in [2.05, 4.69) is 43.7 Å². The molecular weight excluding hydrogens is 1280 g/mol. The van der Waals surface area contributed by atoms with Crippen molar-refractivity contribution in [3.05, 3.63) is 227 Å². The fourth-order valence-corrected chi connectivity index (χ4v) is 7.55. The van der Waals surface area contributed by atoms with Gasteiger partial charge in [0.1, 0.15) is 24.7 Å². The molecule has 0 radical (unpaired) electrons. The van der Waals surface area contributed by atoms with Gasteiger partial charge in [-0.3, -0.25) is 20.2 Å². The average Bonchev–Trinajstić information content (AvgIpc) is 4.29. The van der Waals surface area contributed by atoms with Crippen LogP contribution < -0.4 is 113 Å². The minimum Gasteiger partial charge on any atom is -1.00 e. The Morgan fingerprint density at radius 3 is 1.47 bits per heavy atom. The molecule has 24 nitrogen and oxygen atoms in total. The molecule has 0 saturated heterocycles. The number of carbonyl (C=O) groups excluding carboxylic acids is 1. The van der Waals surface area contributed by atoms with Gasteiger partial charge in [-0.05, 0) is 109 Å². The van der Waals surface area contributed by atoms with Crippen LogP contribution >= 0.6 is 50.2 Å². The van der Waals surface area contributed by atoms with Crippen molar-refractivity contribution in [2.24, 2.45) is 14.1 Å². The summed E-state index contributed by atoms with van der Waals surface area (Å²) in [4.78, 5) is 55.5. The molecule has 4 aromatic heterocycles. The van der Waals surface area contributed by atoms with Crippen molar-refractivity contribution in [1.29, 1.82) is 0 Å². The van der Waals surface area contributed by atoms with Gasteiger partial charge < -0.3 is 61.8 Å². The second kappa shape index (κ2) is 42.1. The van der Waals surface area contributed by atoms with Crippen molar-refractivity contribution in [1.82, 2.24) is 19.1 Å². The smallest absolute Gasteiger partial charge is 1.00 e. The first kappa shape index (κ1) is 77.2. The molecule has 8 aromatic rings. The van der Waals surface area contributed by atoms with Crippen LogP contribution in [0, 0.1) is 76.3 Å². The van der Waals surface area contributed by atoms with Crippen molar-refractivity contribution >= 4 is 78.6 Å². The van der Waals surface area contributed by atoms with Gasteiger partial charge in [0, 0.05) is 29.7 Å². The van der Waals surface area contributed by atoms with E-state index >= 15 is 0 Å². The molecule has 0 unspecified atom stereocenters. The number of aliphatic hydroxyl groups excluding tert-OH is 4. The summed E-state index contributed by atoms with van der Waals surface area (Å²) in [6.45, 7) is -0.940. The Bertz CT molecular complexity index is 3460. The monoisotopic (exact) mass is 1320 g/mol. The molecule has 8 rings (SSSR count). The van der Waals surface area contributed by atoms with Gasteiger partial charge in [-0.1, -0.05) is 86.8 Å². The number of aromatic nitrogens is 4. The van der Waals surface area contributed by atoms with E-state index in [1.165, 1.54) is 71.0 Å². The van der Waals surface area contributed by atoms with Gasteiger partial charge in [-0.25, -0.2) is 17.9 Å². The van der Waals surface area contributed by atoms with E-state index in [9.17, 15) is 49.2 Å². The first-order valence-electron chi connectivity index (χ1n) is 22.1. The van der Waals surface area contributed by atoms with Gasteiger partial charge in [0.15, 0.2) is 28.8 Å². The third-order valence-electron chi connectivity index (χ3n) is 9.61. The standard InChI is InChI=1S/C13H9NO3S.C12H12FN3O4.C9H8O.C7H7FO2.C5H6ClN3O2.C4H2BrNO2S.CH2O2.2K.H/c15-9-11-3-1-10(2-4-11)5-6-12-7-8-13(18-12)14(16)17;1-15-9(5-14-12(15)16(18)19)7-20-11-3-2-8(6-17)4-10(11)13;1-2-8-3-5-9(7-10)6-4-8;8-6-3-5(4-9)1-2-7(6)10;1-8-4(2-6)3-7-5(8)9(10)11;5-3-1-2-4(9-3)6(7)8;2-1-3;;;/h1-4,7-8,15H,9H2;2-5,17H,6-7H2,1H3;1,3-6,10H,7H2;1-3,9-10H,4H2;3H,2H2,1H3;1-2H;1H,(H,2,3);;;/q;;;;;;;2*+1;-1/p-1. The number of nitrogens with zero attached hydrogens (tertiary/aromatic N) is 8. The topological polar surface area (TPSA) is 359 Å². The number of hydrogen-bond donors (Lipinski definition) is 5. The Hall–Kier alpha value is -5.77. The van der Waals surface area contributed by atoms with Crippen LogP contribution in [0.3, 0.4) is 0 Å². The summed E-state index contributed by atoms with van der Waals surface area (Å²) in [6, 6.07) is 28.5. The van der Waals surface area contributed by atoms with Gasteiger partial charge in [0.25, 0.3) is 0 Å². The maximum absolute atomic E-state index is 13.6. The zero-order valence-corrected chi connectivity index (χ0v) is 54.3. The summed E-state index contributed by atoms with van der Waals surface area (Å²) in [5, 5.41) is 93.5. The van der Waals surface area contributed by atoms with Crippen LogP contribution in [-0.4, -0.2) is 70.8 Å². The number of halogens is 4. The average molecular weight is 1320 g/mol. The fourth-order valence-electron chi connectivity index (χ4n) is 5.45. The SMILES string of the molecule is C#Cc1ccc(CO)cc1.Cn1c(CCl)cnc1[N+](=O)[O-].Cn1c(COc2ccc(CO)cc2F)cnc1[N+](=O)[O-].O=C[O-].O=[N+]([O-])c1ccc(Br)s1.O=[N+]([O-])c1ccc(C#Cc2ccc(CO)cc2)s1.OCc1ccc(O)c(F)c1.[H-].[K+].[K+]. The first-order chi connectivity index (χ1) is 38.6. The van der Waals surface area contributed by atoms with Crippen molar-refractivity contribution in [2.75, 3.05) is 0 Å². The van der Waals surface area contributed by atoms with Crippen LogP contribution in [0.25, 0.3) is 0 Å². The molecule has 0 aliphatic carbocycles. The number of thiophene rings is 2. The van der Waals surface area contributed by atoms with Crippen LogP contribution in [0.5, 0.6) is 11.5 Å². The summed E-state index contributed by atoms with van der Waals surface area (Å²) in [6.07, 6.45) is 7.83. The third kappa shape index (κ3) is 28.1. The van der Waals surface area contributed by atoms with Crippen molar-refractivity contribution < 1.29 is 173 Å². The van der Waals surface area contributed by atoms with E-state index in [0.29, 0.717) is 27.4 Å². The molecule has 32 heteroatoms. The summed E-state index contributed by atoms with van der Waals surface area (Å²) in [5.41, 5.74) is 5.34. The molecule has 4 aromatic carbocycles. The number of imidazole rings is 2. The largest absolute Gasteiger partial charge is 1.00 e. The molecule has 0 amide bonds. The molecule has 0 bridgehead atoms. The first-order valence-corrected chi connectivity index (χ1v) is 25.1. The van der Waals surface area contributed by atoms with Crippen molar-refractivity contribution in [2.45, 2.75) is 38.9 Å². The van der Waals surface area contributed by atoms with Crippen molar-refractivity contribution in [3.63, 3.8) is 0 Å². The Morgan fingerprint density at radius 2 is 1.10 bits per heavy atom. The summed E-state index contributed by atoms with van der Waals surface area (Å²) in [5.74, 6) is 6.35. The number of benzene rings is 4. The molecule has 0 spiro atoms. The number of alkyl halides is 1. The summed E-state index contributed by atoms with van der Waals surface area (Å²) < 4.78 is 34.7. The van der Waals surface area contributed by atoms with Gasteiger partial charge in [0.05, 0.1) is 64.9 Å². The maximum Gasteiger partial charge on any atom is 1.00 e. The summed E-state index contributed by atoms with van der Waals surface area (Å²) >= 11 is 10.7. The number of carboxylic acid groups (broad SMARTS) is 1. The molecular formula is C51H46BrClF2K2N8O16S2. The predicted octanol–water partition coefficient (Wildman–Crippen LogP) is 2.24. The van der Waals surface area contributed by atoms with Crippen LogP contribution in [0.2, 0.25) is 0 Å². The van der Waals surface area contributed by atoms with Crippen LogP contribution in [0.15, 0.2) is 125 Å². The number of terminal acetylenes is 1. The Labute approximate surface area is 579 Å². The van der Waals surface area contributed by atoms with Gasteiger partial charge in [0.2, 0.25) is 0 Å². The number of nitro groups is 4. The number of hydrogen-bond acceptors (Lipinski definition) is 20. The molecule has 428 valence electrons. The predicted molar refractivity (Wildman–Crippen MR) is 295 cm³/mol. The Kier molecular flexibility index (Phi) is 39.2. The zero-order valence-electron chi connectivity index (χ0n) is 45.1. The zero-order chi connectivity index (χ0) is 60.6. The fraction of sp³-hybridized carbons (Fsp3) is 0.157. The number of phenols is 1. The molecule has 5 N–H and O–H groups in total. The molecule has 0 saturated carbocycles. The third-order valence-corrected chi connectivity index (χ3v) is 12.4. The van der Waals surface area contributed by atoms with Gasteiger partial charge in [-0.15, -0.1) is 18.0 Å². The van der Waals surface area contributed by atoms with Gasteiger partial charge in [-0.2, -0.15) is 0 Å². The van der Waals surface area contributed by atoms with Crippen LogP contribution in [0.1, 0.15) is 51.1 Å². The number of aromatic hydroxyl groups is 1. The number of phenolic OH excluding ortho intramolecular Hbond substituents is 1. The second-order valence-corrected chi connectivity index (χ2v) is 18.7. The summed E-state index contributed by atoms with van der Waals surface area (Å²) in [7, 11) is 3.04. The van der Waals surface area contributed by atoms with E-state index in [4.69, 9.17) is 58.2 Å². The van der Waals surface area contributed by atoms with Crippen LogP contribution in [0.4, 0.5) is 30.7 Å². The number of rotatable bonds is 12. The second-order valence-electron chi connectivity index (χ2n) is 15.0. The van der Waals surface area contributed by atoms with E-state index in [-0.39, 0.29) is 171 Å². The minimum absolute atomic E-state index is 0. The van der Waals surface area contributed by atoms with E-state index in [0.717, 1.165) is 54.8 Å². The van der Waals surface area contributed by atoms with Gasteiger partial charge >= 0.3 is 125 Å². The molecule has 83 heavy (non-hydrogen) atoms. The van der Waals surface area contributed by atoms with E-state index in [1.54, 1.807) is 43.4 Å². The molecule has 0 atom stereocenters. The molecule has 0 aliphatic rings. The number of ether oxygens (including phenoxy) is 1. The number of carbonyl (C=O) groups is 1. The quantitative estimate of drug-likeness (QED) is 0.0292. The van der Waals surface area contributed by atoms with E-state index < -0.39 is 43.5 Å². The molecule has 0 aliphatic heterocycles. The minimum atomic E-state index is -0.702. The maximum atomic E-state index is 13.6. The van der Waals surface area contributed by atoms with E-state index in [1.807, 2.05) is 24.3 Å². The Morgan fingerprint density at radius 1 is 0.663 bits per heavy atom. The molecule has 4 heterocycles. The molecule has 0 fully saturated rings. The number of aliphatic hydroxyl groups is 4. The van der Waals surface area contributed by atoms with Crippen LogP contribution in [-0.2, 0) is 57.8 Å².